The van der Waals surface area contributed by atoms with Gasteiger partial charge in [0.15, 0.2) is 11.5 Å². The molecular weight excluding hydrogens is 305 g/mol. The summed E-state index contributed by atoms with van der Waals surface area (Å²) < 4.78 is 24.4. The van der Waals surface area contributed by atoms with Crippen LogP contribution in [0.2, 0.25) is 5.02 Å². The van der Waals surface area contributed by atoms with Crippen LogP contribution in [0, 0.1) is 17.1 Å². The van der Waals surface area contributed by atoms with Crippen molar-refractivity contribution in [3.8, 4) is 17.6 Å². The van der Waals surface area contributed by atoms with Crippen molar-refractivity contribution < 1.29 is 13.9 Å². The van der Waals surface area contributed by atoms with E-state index in [1.54, 1.807) is 25.3 Å². The summed E-state index contributed by atoms with van der Waals surface area (Å²) in [4.78, 5) is 0. The summed E-state index contributed by atoms with van der Waals surface area (Å²) >= 11 is 6.04. The summed E-state index contributed by atoms with van der Waals surface area (Å²) in [6, 6.07) is 11.9. The number of hydrogen-bond acceptors (Lipinski definition) is 3. The van der Waals surface area contributed by atoms with E-state index >= 15 is 0 Å². The Hall–Kier alpha value is -2.25. The summed E-state index contributed by atoms with van der Waals surface area (Å²) in [5, 5.41) is 9.64. The molecular formula is C17H15ClFNO2. The minimum absolute atomic E-state index is 0.224. The van der Waals surface area contributed by atoms with E-state index in [4.69, 9.17) is 21.1 Å². The summed E-state index contributed by atoms with van der Waals surface area (Å²) in [5.74, 6) is 0.0197. The first-order chi connectivity index (χ1) is 10.6. The highest BCUT2D eigenvalue weighted by atomic mass is 35.5. The quantitative estimate of drug-likeness (QED) is 0.823. The van der Waals surface area contributed by atoms with Gasteiger partial charge < -0.3 is 9.47 Å². The van der Waals surface area contributed by atoms with Crippen molar-refractivity contribution in [2.75, 3.05) is 14.2 Å². The van der Waals surface area contributed by atoms with Gasteiger partial charge in [-0.05, 0) is 36.2 Å². The van der Waals surface area contributed by atoms with Crippen LogP contribution in [0.15, 0.2) is 36.4 Å². The number of benzene rings is 2. The average molecular weight is 320 g/mol. The molecule has 0 N–H and O–H groups in total. The maximum atomic E-state index is 14.0. The molecule has 2 aromatic carbocycles. The van der Waals surface area contributed by atoms with Gasteiger partial charge in [-0.1, -0.05) is 23.7 Å². The highest BCUT2D eigenvalue weighted by molar-refractivity contribution is 6.31. The van der Waals surface area contributed by atoms with Crippen molar-refractivity contribution in [3.63, 3.8) is 0 Å². The fourth-order valence-electron chi connectivity index (χ4n) is 2.30. The molecule has 5 heteroatoms. The van der Waals surface area contributed by atoms with Crippen molar-refractivity contribution in [2.24, 2.45) is 0 Å². The van der Waals surface area contributed by atoms with E-state index in [-0.39, 0.29) is 10.6 Å². The molecule has 0 amide bonds. The second kappa shape index (κ2) is 7.15. The minimum atomic E-state index is -0.674. The van der Waals surface area contributed by atoms with Crippen LogP contribution in [-0.4, -0.2) is 14.2 Å². The molecule has 0 aliphatic carbocycles. The Labute approximate surface area is 133 Å². The van der Waals surface area contributed by atoms with Crippen LogP contribution in [-0.2, 0) is 6.42 Å². The van der Waals surface area contributed by atoms with Crippen LogP contribution in [0.4, 0.5) is 4.39 Å². The number of nitrogens with zero attached hydrogens (tertiary/aromatic N) is 1. The SMILES string of the molecule is COc1ccc(CC(C#N)c2c(F)cccc2Cl)cc1OC. The van der Waals surface area contributed by atoms with Gasteiger partial charge in [0.2, 0.25) is 0 Å². The molecule has 1 unspecified atom stereocenters. The largest absolute Gasteiger partial charge is 0.493 e. The molecule has 0 fully saturated rings. The molecule has 0 spiro atoms. The topological polar surface area (TPSA) is 42.2 Å². The Bertz CT molecular complexity index is 692. The molecule has 0 saturated heterocycles. The lowest BCUT2D eigenvalue weighted by molar-refractivity contribution is 0.354. The van der Waals surface area contributed by atoms with Gasteiger partial charge >= 0.3 is 0 Å². The minimum Gasteiger partial charge on any atom is -0.493 e. The van der Waals surface area contributed by atoms with Crippen LogP contribution in [0.3, 0.4) is 0 Å². The van der Waals surface area contributed by atoms with E-state index in [1.165, 1.54) is 19.2 Å². The molecule has 2 aromatic rings. The van der Waals surface area contributed by atoms with Crippen molar-refractivity contribution in [1.82, 2.24) is 0 Å². The van der Waals surface area contributed by atoms with E-state index in [0.29, 0.717) is 17.9 Å². The third kappa shape index (κ3) is 3.32. The van der Waals surface area contributed by atoms with E-state index < -0.39 is 11.7 Å². The highest BCUT2D eigenvalue weighted by Gasteiger charge is 2.20. The van der Waals surface area contributed by atoms with Crippen molar-refractivity contribution in [2.45, 2.75) is 12.3 Å². The van der Waals surface area contributed by atoms with Crippen LogP contribution in [0.1, 0.15) is 17.0 Å². The van der Waals surface area contributed by atoms with Crippen molar-refractivity contribution in [1.29, 1.82) is 5.26 Å². The second-order valence-electron chi connectivity index (χ2n) is 4.71. The Morgan fingerprint density at radius 3 is 2.50 bits per heavy atom. The van der Waals surface area contributed by atoms with Crippen LogP contribution >= 0.6 is 11.6 Å². The fraction of sp³-hybridized carbons (Fsp3) is 0.235. The monoisotopic (exact) mass is 319 g/mol. The first-order valence-corrected chi connectivity index (χ1v) is 7.03. The lowest BCUT2D eigenvalue weighted by atomic mass is 9.92. The Kier molecular flexibility index (Phi) is 5.24. The smallest absolute Gasteiger partial charge is 0.160 e. The van der Waals surface area contributed by atoms with Gasteiger partial charge in [-0.2, -0.15) is 5.26 Å². The van der Waals surface area contributed by atoms with E-state index in [1.807, 2.05) is 6.07 Å². The van der Waals surface area contributed by atoms with Gasteiger partial charge in [0.05, 0.1) is 26.2 Å². The molecule has 0 aliphatic rings. The molecule has 3 nitrogen and oxygen atoms in total. The molecule has 0 aliphatic heterocycles. The van der Waals surface area contributed by atoms with E-state index in [9.17, 15) is 9.65 Å². The summed E-state index contributed by atoms with van der Waals surface area (Å²) in [6.45, 7) is 0. The first kappa shape index (κ1) is 16.1. The van der Waals surface area contributed by atoms with E-state index in [0.717, 1.165) is 5.56 Å². The van der Waals surface area contributed by atoms with Crippen LogP contribution in [0.25, 0.3) is 0 Å². The van der Waals surface area contributed by atoms with E-state index in [2.05, 4.69) is 6.07 Å². The van der Waals surface area contributed by atoms with Crippen molar-refractivity contribution in [3.05, 3.63) is 58.4 Å². The third-order valence-corrected chi connectivity index (χ3v) is 3.72. The number of nitriles is 1. The maximum absolute atomic E-state index is 14.0. The fourth-order valence-corrected chi connectivity index (χ4v) is 2.59. The molecule has 22 heavy (non-hydrogen) atoms. The van der Waals surface area contributed by atoms with Gasteiger partial charge in [-0.15, -0.1) is 0 Å². The van der Waals surface area contributed by atoms with Gasteiger partial charge in [-0.25, -0.2) is 4.39 Å². The predicted molar refractivity (Wildman–Crippen MR) is 83.0 cm³/mol. The number of halogens is 2. The lowest BCUT2D eigenvalue weighted by Crippen LogP contribution is -2.04. The lowest BCUT2D eigenvalue weighted by Gasteiger charge is -2.14. The number of hydrogen-bond donors (Lipinski definition) is 0. The summed E-state index contributed by atoms with van der Waals surface area (Å²) in [5.41, 5.74) is 1.06. The third-order valence-electron chi connectivity index (χ3n) is 3.39. The second-order valence-corrected chi connectivity index (χ2v) is 5.12. The maximum Gasteiger partial charge on any atom is 0.160 e. The van der Waals surface area contributed by atoms with Crippen LogP contribution < -0.4 is 9.47 Å². The molecule has 0 saturated carbocycles. The number of ether oxygens (including phenoxy) is 2. The van der Waals surface area contributed by atoms with Gasteiger partial charge in [0, 0.05) is 10.6 Å². The molecule has 0 bridgehead atoms. The molecule has 1 atom stereocenters. The zero-order valence-electron chi connectivity index (χ0n) is 12.3. The standard InChI is InChI=1S/C17H15ClFNO2/c1-21-15-7-6-11(9-16(15)22-2)8-12(10-20)17-13(18)4-3-5-14(17)19/h3-7,9,12H,8H2,1-2H3. The Morgan fingerprint density at radius 2 is 1.91 bits per heavy atom. The number of methoxy groups -OCH3 is 2. The summed E-state index contributed by atoms with van der Waals surface area (Å²) in [6.07, 6.45) is 0.331. The molecule has 114 valence electrons. The highest BCUT2D eigenvalue weighted by Crippen LogP contribution is 2.33. The van der Waals surface area contributed by atoms with Crippen molar-refractivity contribution >= 4 is 11.6 Å². The van der Waals surface area contributed by atoms with Gasteiger partial charge in [0.1, 0.15) is 5.82 Å². The zero-order valence-corrected chi connectivity index (χ0v) is 13.0. The Balaban J connectivity index is 2.34. The van der Waals surface area contributed by atoms with Crippen LogP contribution in [0.5, 0.6) is 11.5 Å². The molecule has 2 rings (SSSR count). The normalized spacial score (nSPS) is 11.6. The summed E-state index contributed by atoms with van der Waals surface area (Å²) in [7, 11) is 3.09. The number of rotatable bonds is 5. The first-order valence-electron chi connectivity index (χ1n) is 6.65. The van der Waals surface area contributed by atoms with Gasteiger partial charge in [-0.3, -0.25) is 0 Å². The molecule has 0 radical (unpaired) electrons. The average Bonchev–Trinajstić information content (AvgIpc) is 2.53. The molecule has 0 heterocycles. The Morgan fingerprint density at radius 1 is 1.18 bits per heavy atom. The zero-order chi connectivity index (χ0) is 16.1. The predicted octanol–water partition coefficient (Wildman–Crippen LogP) is 4.35. The molecule has 0 aromatic heterocycles. The van der Waals surface area contributed by atoms with Gasteiger partial charge in [0.25, 0.3) is 0 Å².